The topological polar surface area (TPSA) is 95.0 Å². The Balaban J connectivity index is 1.87. The standard InChI is InChI=1S/C17H15N3O3/c18-12-13-3-5-14(6-4-13)19-20-15-7-9-16(10-8-15)23-11-1-2-17(21)22/h3-10H,1-2,11H2,(H,21,22)/b20-19+. The Morgan fingerprint density at radius 2 is 1.61 bits per heavy atom. The summed E-state index contributed by atoms with van der Waals surface area (Å²) in [6.07, 6.45) is 0.562. The van der Waals surface area contributed by atoms with Crippen LogP contribution in [0.1, 0.15) is 18.4 Å². The molecule has 6 heteroatoms. The first-order valence-corrected chi connectivity index (χ1v) is 7.04. The average molecular weight is 309 g/mol. The van der Waals surface area contributed by atoms with E-state index in [-0.39, 0.29) is 6.42 Å². The first-order chi connectivity index (χ1) is 11.2. The Labute approximate surface area is 133 Å². The van der Waals surface area contributed by atoms with Crippen molar-refractivity contribution in [1.29, 1.82) is 5.26 Å². The van der Waals surface area contributed by atoms with Crippen LogP contribution in [0.25, 0.3) is 0 Å². The van der Waals surface area contributed by atoms with Gasteiger partial charge in [-0.2, -0.15) is 15.5 Å². The number of aliphatic carboxylic acids is 1. The molecule has 2 aromatic rings. The lowest BCUT2D eigenvalue weighted by atomic mass is 10.2. The van der Waals surface area contributed by atoms with Crippen LogP contribution in [0.5, 0.6) is 5.75 Å². The minimum absolute atomic E-state index is 0.0941. The zero-order valence-electron chi connectivity index (χ0n) is 12.3. The molecule has 0 fully saturated rings. The van der Waals surface area contributed by atoms with E-state index >= 15 is 0 Å². The summed E-state index contributed by atoms with van der Waals surface area (Å²) in [4.78, 5) is 10.4. The Kier molecular flexibility index (Phi) is 5.83. The first kappa shape index (κ1) is 16.2. The van der Waals surface area contributed by atoms with Crippen molar-refractivity contribution in [3.8, 4) is 11.8 Å². The molecule has 0 aromatic heterocycles. The monoisotopic (exact) mass is 309 g/mol. The number of nitriles is 1. The molecule has 6 nitrogen and oxygen atoms in total. The second kappa shape index (κ2) is 8.29. The summed E-state index contributed by atoms with van der Waals surface area (Å²) in [5.74, 6) is -0.167. The van der Waals surface area contributed by atoms with Crippen LogP contribution < -0.4 is 4.74 Å². The van der Waals surface area contributed by atoms with Gasteiger partial charge >= 0.3 is 5.97 Å². The average Bonchev–Trinajstić information content (AvgIpc) is 2.58. The highest BCUT2D eigenvalue weighted by atomic mass is 16.5. The van der Waals surface area contributed by atoms with Crippen molar-refractivity contribution >= 4 is 17.3 Å². The number of benzene rings is 2. The van der Waals surface area contributed by atoms with Crippen LogP contribution in [-0.2, 0) is 4.79 Å². The van der Waals surface area contributed by atoms with E-state index in [0.717, 1.165) is 0 Å². The van der Waals surface area contributed by atoms with E-state index in [4.69, 9.17) is 15.1 Å². The van der Waals surface area contributed by atoms with Crippen molar-refractivity contribution in [3.63, 3.8) is 0 Å². The van der Waals surface area contributed by atoms with Gasteiger partial charge in [-0.3, -0.25) is 4.79 Å². The summed E-state index contributed by atoms with van der Waals surface area (Å²) in [7, 11) is 0. The highest BCUT2D eigenvalue weighted by molar-refractivity contribution is 5.66. The minimum Gasteiger partial charge on any atom is -0.494 e. The quantitative estimate of drug-likeness (QED) is 0.612. The molecular formula is C17H15N3O3. The fraction of sp³-hybridized carbons (Fsp3) is 0.176. The maximum absolute atomic E-state index is 10.4. The van der Waals surface area contributed by atoms with Gasteiger partial charge in [-0.15, -0.1) is 0 Å². The normalized spacial score (nSPS) is 10.4. The molecule has 0 aliphatic rings. The summed E-state index contributed by atoms with van der Waals surface area (Å²) in [6.45, 7) is 0.360. The number of nitrogens with zero attached hydrogens (tertiary/aromatic N) is 3. The number of carboxylic acid groups (broad SMARTS) is 1. The molecule has 0 aliphatic carbocycles. The summed E-state index contributed by atoms with van der Waals surface area (Å²) in [6, 6.07) is 15.9. The lowest BCUT2D eigenvalue weighted by Crippen LogP contribution is -2.01. The molecule has 2 aromatic carbocycles. The zero-order chi connectivity index (χ0) is 16.5. The van der Waals surface area contributed by atoms with E-state index in [1.54, 1.807) is 48.5 Å². The van der Waals surface area contributed by atoms with E-state index < -0.39 is 5.97 Å². The molecule has 0 radical (unpaired) electrons. The zero-order valence-corrected chi connectivity index (χ0v) is 12.3. The van der Waals surface area contributed by atoms with Crippen molar-refractivity contribution in [1.82, 2.24) is 0 Å². The van der Waals surface area contributed by atoms with Crippen molar-refractivity contribution in [2.75, 3.05) is 6.61 Å². The maximum atomic E-state index is 10.4. The van der Waals surface area contributed by atoms with Gasteiger partial charge in [0.1, 0.15) is 5.75 Å². The van der Waals surface area contributed by atoms with Crippen molar-refractivity contribution in [2.45, 2.75) is 12.8 Å². The van der Waals surface area contributed by atoms with Gasteiger partial charge in [0, 0.05) is 6.42 Å². The third-order valence-corrected chi connectivity index (χ3v) is 2.92. The van der Waals surface area contributed by atoms with Gasteiger partial charge in [0.2, 0.25) is 0 Å². The van der Waals surface area contributed by atoms with Gasteiger partial charge in [-0.1, -0.05) is 0 Å². The third kappa shape index (κ3) is 5.59. The fourth-order valence-corrected chi connectivity index (χ4v) is 1.74. The molecule has 0 aliphatic heterocycles. The van der Waals surface area contributed by atoms with Gasteiger partial charge in [-0.25, -0.2) is 0 Å². The van der Waals surface area contributed by atoms with E-state index in [1.807, 2.05) is 6.07 Å². The summed E-state index contributed by atoms with van der Waals surface area (Å²) >= 11 is 0. The van der Waals surface area contributed by atoms with E-state index in [9.17, 15) is 4.79 Å². The summed E-state index contributed by atoms with van der Waals surface area (Å²) in [5.41, 5.74) is 1.92. The maximum Gasteiger partial charge on any atom is 0.303 e. The smallest absolute Gasteiger partial charge is 0.303 e. The molecule has 0 bridgehead atoms. The number of azo groups is 1. The molecule has 116 valence electrons. The van der Waals surface area contributed by atoms with E-state index in [0.29, 0.717) is 35.7 Å². The van der Waals surface area contributed by atoms with Gasteiger partial charge in [0.05, 0.1) is 29.6 Å². The molecule has 0 heterocycles. The SMILES string of the molecule is N#Cc1ccc(/N=N/c2ccc(OCCCC(=O)O)cc2)cc1. The van der Waals surface area contributed by atoms with Crippen LogP contribution in [0.3, 0.4) is 0 Å². The fourth-order valence-electron chi connectivity index (χ4n) is 1.74. The third-order valence-electron chi connectivity index (χ3n) is 2.92. The molecule has 1 N–H and O–H groups in total. The van der Waals surface area contributed by atoms with Crippen LogP contribution in [0, 0.1) is 11.3 Å². The Morgan fingerprint density at radius 3 is 2.13 bits per heavy atom. The largest absolute Gasteiger partial charge is 0.494 e. The van der Waals surface area contributed by atoms with Crippen LogP contribution in [-0.4, -0.2) is 17.7 Å². The van der Waals surface area contributed by atoms with Crippen LogP contribution in [0.4, 0.5) is 11.4 Å². The molecular weight excluding hydrogens is 294 g/mol. The van der Waals surface area contributed by atoms with Gasteiger partial charge in [-0.05, 0) is 55.0 Å². The number of rotatable bonds is 7. The Bertz CT molecular complexity index is 716. The van der Waals surface area contributed by atoms with Crippen LogP contribution in [0.2, 0.25) is 0 Å². The highest BCUT2D eigenvalue weighted by Crippen LogP contribution is 2.21. The molecule has 0 unspecified atom stereocenters. The minimum atomic E-state index is -0.827. The number of hydrogen-bond acceptors (Lipinski definition) is 5. The molecule has 0 atom stereocenters. The number of hydrogen-bond donors (Lipinski definition) is 1. The lowest BCUT2D eigenvalue weighted by molar-refractivity contribution is -0.137. The summed E-state index contributed by atoms with van der Waals surface area (Å²) < 4.78 is 5.43. The number of carbonyl (C=O) groups is 1. The summed E-state index contributed by atoms with van der Waals surface area (Å²) in [5, 5.41) is 25.4. The van der Waals surface area contributed by atoms with E-state index in [1.165, 1.54) is 0 Å². The lowest BCUT2D eigenvalue weighted by Gasteiger charge is -2.04. The van der Waals surface area contributed by atoms with Crippen LogP contribution >= 0.6 is 0 Å². The molecule has 23 heavy (non-hydrogen) atoms. The van der Waals surface area contributed by atoms with Gasteiger partial charge < -0.3 is 9.84 Å². The van der Waals surface area contributed by atoms with Gasteiger partial charge in [0.25, 0.3) is 0 Å². The molecule has 0 spiro atoms. The Morgan fingerprint density at radius 1 is 1.04 bits per heavy atom. The predicted octanol–water partition coefficient (Wildman–Crippen LogP) is 4.22. The highest BCUT2D eigenvalue weighted by Gasteiger charge is 1.98. The Hall–Kier alpha value is -3.20. The number of ether oxygens (including phenoxy) is 1. The predicted molar refractivity (Wildman–Crippen MR) is 84.1 cm³/mol. The molecule has 2 rings (SSSR count). The van der Waals surface area contributed by atoms with Crippen LogP contribution in [0.15, 0.2) is 58.8 Å². The van der Waals surface area contributed by atoms with E-state index in [2.05, 4.69) is 10.2 Å². The van der Waals surface area contributed by atoms with Crippen molar-refractivity contribution < 1.29 is 14.6 Å². The van der Waals surface area contributed by atoms with Crippen molar-refractivity contribution in [3.05, 3.63) is 54.1 Å². The molecule has 0 saturated carbocycles. The first-order valence-electron chi connectivity index (χ1n) is 7.04. The van der Waals surface area contributed by atoms with Crippen molar-refractivity contribution in [2.24, 2.45) is 10.2 Å². The second-order valence-electron chi connectivity index (χ2n) is 4.70. The molecule has 0 amide bonds. The number of carboxylic acids is 1. The van der Waals surface area contributed by atoms with Gasteiger partial charge in [0.15, 0.2) is 0 Å². The molecule has 0 saturated heterocycles. The second-order valence-corrected chi connectivity index (χ2v) is 4.70.